The quantitative estimate of drug-likeness (QED) is 0.467. The second-order valence-corrected chi connectivity index (χ2v) is 7.18. The average molecular weight is 467 g/mol. The van der Waals surface area contributed by atoms with Crippen LogP contribution in [0.25, 0.3) is 6.08 Å². The van der Waals surface area contributed by atoms with E-state index >= 15 is 0 Å². The minimum absolute atomic E-state index is 0.00181. The van der Waals surface area contributed by atoms with Gasteiger partial charge in [-0.1, -0.05) is 41.9 Å². The van der Waals surface area contributed by atoms with Crippen molar-refractivity contribution in [3.05, 3.63) is 88.6 Å². The maximum absolute atomic E-state index is 13.1. The Hall–Kier alpha value is -3.97. The molecule has 0 saturated heterocycles. The summed E-state index contributed by atoms with van der Waals surface area (Å²) >= 11 is 6.18. The molecule has 0 fully saturated rings. The summed E-state index contributed by atoms with van der Waals surface area (Å²) in [4.78, 5) is 25.9. The highest BCUT2D eigenvalue weighted by molar-refractivity contribution is 6.34. The van der Waals surface area contributed by atoms with Crippen LogP contribution in [0.5, 0.6) is 17.2 Å². The minimum Gasteiger partial charge on any atom is -0.493 e. The number of para-hydroxylation sites is 1. The summed E-state index contributed by atoms with van der Waals surface area (Å²) in [7, 11) is 4.48. The third-order valence-electron chi connectivity index (χ3n) is 4.65. The lowest BCUT2D eigenvalue weighted by atomic mass is 10.1. The Morgan fingerprint density at radius 1 is 0.848 bits per heavy atom. The van der Waals surface area contributed by atoms with Crippen molar-refractivity contribution < 1.29 is 23.8 Å². The molecule has 2 N–H and O–H groups in total. The second-order valence-electron chi connectivity index (χ2n) is 6.77. The monoisotopic (exact) mass is 466 g/mol. The van der Waals surface area contributed by atoms with Crippen molar-refractivity contribution in [1.29, 1.82) is 0 Å². The van der Waals surface area contributed by atoms with Gasteiger partial charge in [-0.25, -0.2) is 0 Å². The summed E-state index contributed by atoms with van der Waals surface area (Å²) in [6, 6.07) is 18.7. The Balaban J connectivity index is 2.02. The fraction of sp³-hybridized carbons (Fsp3) is 0.120. The van der Waals surface area contributed by atoms with Crippen LogP contribution in [-0.2, 0) is 4.79 Å². The van der Waals surface area contributed by atoms with Crippen LogP contribution in [0.2, 0.25) is 5.02 Å². The molecule has 170 valence electrons. The van der Waals surface area contributed by atoms with E-state index in [-0.39, 0.29) is 5.70 Å². The zero-order chi connectivity index (χ0) is 23.8. The third-order valence-corrected chi connectivity index (χ3v) is 4.98. The number of carbonyl (C=O) groups excluding carboxylic acids is 2. The maximum atomic E-state index is 13.1. The number of benzene rings is 3. The largest absolute Gasteiger partial charge is 0.493 e. The molecule has 0 aliphatic rings. The number of rotatable bonds is 8. The summed E-state index contributed by atoms with van der Waals surface area (Å²) in [5.74, 6) is 0.226. The second kappa shape index (κ2) is 11.1. The molecule has 7 nitrogen and oxygen atoms in total. The summed E-state index contributed by atoms with van der Waals surface area (Å²) < 4.78 is 16.1. The van der Waals surface area contributed by atoms with Gasteiger partial charge in [-0.2, -0.15) is 0 Å². The van der Waals surface area contributed by atoms with Crippen LogP contribution < -0.4 is 24.8 Å². The lowest BCUT2D eigenvalue weighted by Crippen LogP contribution is -2.30. The molecule has 0 aliphatic heterocycles. The van der Waals surface area contributed by atoms with Gasteiger partial charge in [-0.15, -0.1) is 0 Å². The number of halogens is 1. The standard InChI is InChI=1S/C25H23ClN2O5/c1-31-21-14-16(15-22(32-2)23(21)33-3)13-20(28-24(29)17-9-5-4-6-10-17)25(30)27-19-12-8-7-11-18(19)26/h4-15H,1-3H3,(H,27,30)(H,28,29)/b20-13+. The predicted molar refractivity (Wildman–Crippen MR) is 128 cm³/mol. The van der Waals surface area contributed by atoms with Crippen molar-refractivity contribution in [3.63, 3.8) is 0 Å². The van der Waals surface area contributed by atoms with Gasteiger partial charge in [-0.05, 0) is 48.0 Å². The van der Waals surface area contributed by atoms with E-state index in [0.717, 1.165) is 0 Å². The highest BCUT2D eigenvalue weighted by atomic mass is 35.5. The summed E-state index contributed by atoms with van der Waals surface area (Å²) in [5.41, 5.74) is 1.35. The van der Waals surface area contributed by atoms with Crippen LogP contribution in [0.3, 0.4) is 0 Å². The summed E-state index contributed by atoms with van der Waals surface area (Å²) in [6.45, 7) is 0. The Bertz CT molecular complexity index is 1150. The van der Waals surface area contributed by atoms with Crippen molar-refractivity contribution in [3.8, 4) is 17.2 Å². The molecule has 33 heavy (non-hydrogen) atoms. The molecule has 3 aromatic rings. The number of anilines is 1. The van der Waals surface area contributed by atoms with Gasteiger partial charge in [0.1, 0.15) is 5.70 Å². The van der Waals surface area contributed by atoms with Crippen molar-refractivity contribution >= 4 is 35.2 Å². The zero-order valence-corrected chi connectivity index (χ0v) is 19.1. The lowest BCUT2D eigenvalue weighted by molar-refractivity contribution is -0.113. The summed E-state index contributed by atoms with van der Waals surface area (Å²) in [6.07, 6.45) is 1.51. The van der Waals surface area contributed by atoms with Gasteiger partial charge >= 0.3 is 0 Å². The molecule has 0 heterocycles. The highest BCUT2D eigenvalue weighted by Crippen LogP contribution is 2.38. The fourth-order valence-corrected chi connectivity index (χ4v) is 3.23. The van der Waals surface area contributed by atoms with E-state index in [1.165, 1.54) is 27.4 Å². The molecule has 3 aromatic carbocycles. The molecule has 0 spiro atoms. The van der Waals surface area contributed by atoms with Gasteiger partial charge in [0.15, 0.2) is 11.5 Å². The first kappa shape index (κ1) is 23.7. The highest BCUT2D eigenvalue weighted by Gasteiger charge is 2.18. The van der Waals surface area contributed by atoms with E-state index in [2.05, 4.69) is 10.6 Å². The Kier molecular flexibility index (Phi) is 7.94. The normalized spacial score (nSPS) is 10.8. The number of nitrogens with one attached hydrogen (secondary N) is 2. The first-order valence-corrected chi connectivity index (χ1v) is 10.3. The Morgan fingerprint density at radius 3 is 2.03 bits per heavy atom. The van der Waals surface area contributed by atoms with E-state index in [0.29, 0.717) is 39.1 Å². The molecule has 0 bridgehead atoms. The number of hydrogen-bond donors (Lipinski definition) is 2. The SMILES string of the molecule is COc1cc(/C=C(/NC(=O)c2ccccc2)C(=O)Nc2ccccc2Cl)cc(OC)c1OC. The number of hydrogen-bond acceptors (Lipinski definition) is 5. The van der Waals surface area contributed by atoms with Crippen LogP contribution in [0.4, 0.5) is 5.69 Å². The minimum atomic E-state index is -0.555. The number of methoxy groups -OCH3 is 3. The van der Waals surface area contributed by atoms with E-state index in [1.807, 2.05) is 0 Å². The van der Waals surface area contributed by atoms with Crippen molar-refractivity contribution in [2.45, 2.75) is 0 Å². The predicted octanol–water partition coefficient (Wildman–Crippen LogP) is 4.78. The van der Waals surface area contributed by atoms with Crippen molar-refractivity contribution in [1.82, 2.24) is 5.32 Å². The van der Waals surface area contributed by atoms with Gasteiger partial charge in [0.25, 0.3) is 11.8 Å². The van der Waals surface area contributed by atoms with Crippen LogP contribution in [-0.4, -0.2) is 33.1 Å². The molecule has 0 aliphatic carbocycles. The Morgan fingerprint density at radius 2 is 1.45 bits per heavy atom. The Labute approximate surface area is 196 Å². The third kappa shape index (κ3) is 5.84. The molecule has 2 amide bonds. The molecule has 0 radical (unpaired) electrons. The molecular formula is C25H23ClN2O5. The molecule has 0 unspecified atom stereocenters. The molecular weight excluding hydrogens is 444 g/mol. The van der Waals surface area contributed by atoms with Gasteiger partial charge in [0.05, 0.1) is 32.0 Å². The zero-order valence-electron chi connectivity index (χ0n) is 18.3. The first-order valence-electron chi connectivity index (χ1n) is 9.90. The van der Waals surface area contributed by atoms with Crippen LogP contribution in [0, 0.1) is 0 Å². The molecule has 0 aromatic heterocycles. The number of ether oxygens (including phenoxy) is 3. The maximum Gasteiger partial charge on any atom is 0.272 e. The van der Waals surface area contributed by atoms with E-state index in [9.17, 15) is 9.59 Å². The number of carbonyl (C=O) groups is 2. The van der Waals surface area contributed by atoms with Gasteiger partial charge in [0.2, 0.25) is 5.75 Å². The molecule has 8 heteroatoms. The van der Waals surface area contributed by atoms with E-state index in [1.54, 1.807) is 66.7 Å². The van der Waals surface area contributed by atoms with Gasteiger partial charge in [-0.3, -0.25) is 9.59 Å². The van der Waals surface area contributed by atoms with Gasteiger partial charge < -0.3 is 24.8 Å². The van der Waals surface area contributed by atoms with Crippen molar-refractivity contribution in [2.24, 2.45) is 0 Å². The number of amides is 2. The summed E-state index contributed by atoms with van der Waals surface area (Å²) in [5, 5.41) is 5.77. The fourth-order valence-electron chi connectivity index (χ4n) is 3.05. The van der Waals surface area contributed by atoms with Crippen molar-refractivity contribution in [2.75, 3.05) is 26.6 Å². The lowest BCUT2D eigenvalue weighted by Gasteiger charge is -2.15. The molecule has 0 atom stereocenters. The van der Waals surface area contributed by atoms with E-state index < -0.39 is 11.8 Å². The van der Waals surface area contributed by atoms with Gasteiger partial charge in [0, 0.05) is 5.56 Å². The first-order chi connectivity index (χ1) is 16.0. The topological polar surface area (TPSA) is 85.9 Å². The van der Waals surface area contributed by atoms with E-state index in [4.69, 9.17) is 25.8 Å². The van der Waals surface area contributed by atoms with Crippen LogP contribution in [0.15, 0.2) is 72.4 Å². The molecule has 0 saturated carbocycles. The van der Waals surface area contributed by atoms with Crippen LogP contribution in [0.1, 0.15) is 15.9 Å². The van der Waals surface area contributed by atoms with Crippen LogP contribution >= 0.6 is 11.6 Å². The molecule has 3 rings (SSSR count). The average Bonchev–Trinajstić information content (AvgIpc) is 2.84. The smallest absolute Gasteiger partial charge is 0.272 e.